The third kappa shape index (κ3) is 3.48. The highest BCUT2D eigenvalue weighted by Crippen LogP contribution is 2.53. The van der Waals surface area contributed by atoms with E-state index in [0.29, 0.717) is 16.4 Å². The van der Waals surface area contributed by atoms with Crippen molar-refractivity contribution < 1.29 is 14.3 Å². The Balaban J connectivity index is 1.49. The Morgan fingerprint density at radius 3 is 2.61 bits per heavy atom. The van der Waals surface area contributed by atoms with E-state index in [0.717, 1.165) is 12.8 Å². The lowest BCUT2D eigenvalue weighted by molar-refractivity contribution is 0.0692. The first kappa shape index (κ1) is 19.7. The summed E-state index contributed by atoms with van der Waals surface area (Å²) >= 11 is 0. The fourth-order valence-corrected chi connectivity index (χ4v) is 5.27. The first-order valence-corrected chi connectivity index (χ1v) is 10.7. The van der Waals surface area contributed by atoms with Crippen LogP contribution in [0.25, 0.3) is 11.0 Å². The van der Waals surface area contributed by atoms with E-state index in [2.05, 4.69) is 10.3 Å². The Labute approximate surface area is 178 Å². The maximum absolute atomic E-state index is 13.3. The summed E-state index contributed by atoms with van der Waals surface area (Å²) in [6.07, 6.45) is 8.28. The summed E-state index contributed by atoms with van der Waals surface area (Å²) in [7, 11) is 0. The monoisotopic (exact) mass is 421 g/mol. The highest BCUT2D eigenvalue weighted by molar-refractivity contribution is 6.01. The molecule has 5 rings (SSSR count). The summed E-state index contributed by atoms with van der Waals surface area (Å²) in [4.78, 5) is 30.6. The van der Waals surface area contributed by atoms with Gasteiger partial charge in [-0.1, -0.05) is 25.0 Å². The van der Waals surface area contributed by atoms with E-state index >= 15 is 0 Å². The van der Waals surface area contributed by atoms with Gasteiger partial charge in [-0.15, -0.1) is 0 Å². The molecule has 6 nitrogen and oxygen atoms in total. The van der Waals surface area contributed by atoms with Gasteiger partial charge in [0.1, 0.15) is 22.8 Å². The van der Waals surface area contributed by atoms with Crippen LogP contribution in [0.2, 0.25) is 0 Å². The molecule has 1 spiro atoms. The predicted octanol–water partition coefficient (Wildman–Crippen LogP) is 3.74. The molecule has 2 fully saturated rings. The molecule has 3 aromatic rings. The van der Waals surface area contributed by atoms with Gasteiger partial charge in [-0.2, -0.15) is 0 Å². The number of nitrogens with zero attached hydrogens (tertiary/aromatic N) is 2. The molecule has 2 aliphatic rings. The average molecular weight is 421 g/mol. The lowest BCUT2D eigenvalue weighted by Gasteiger charge is -2.45. The van der Waals surface area contributed by atoms with Crippen LogP contribution in [0.4, 0.5) is 4.39 Å². The lowest BCUT2D eigenvalue weighted by atomic mass is 9.64. The molecule has 0 saturated heterocycles. The van der Waals surface area contributed by atoms with Crippen LogP contribution in [0.3, 0.4) is 0 Å². The van der Waals surface area contributed by atoms with Gasteiger partial charge >= 0.3 is 0 Å². The third-order valence-electron chi connectivity index (χ3n) is 6.83. The van der Waals surface area contributed by atoms with Crippen molar-refractivity contribution in [2.24, 2.45) is 5.41 Å². The van der Waals surface area contributed by atoms with Gasteiger partial charge < -0.3 is 10.4 Å². The van der Waals surface area contributed by atoms with Crippen LogP contribution in [0.15, 0.2) is 47.4 Å². The number of benzene rings is 1. The van der Waals surface area contributed by atoms with E-state index in [9.17, 15) is 19.1 Å². The first-order chi connectivity index (χ1) is 15.0. The van der Waals surface area contributed by atoms with Gasteiger partial charge in [0, 0.05) is 12.2 Å². The quantitative estimate of drug-likeness (QED) is 0.672. The van der Waals surface area contributed by atoms with Gasteiger partial charge in [-0.05, 0) is 60.9 Å². The minimum absolute atomic E-state index is 0.0274. The largest absolute Gasteiger partial charge is 0.506 e. The van der Waals surface area contributed by atoms with E-state index in [1.165, 1.54) is 48.6 Å². The molecule has 0 atom stereocenters. The van der Waals surface area contributed by atoms with Crippen LogP contribution in [0, 0.1) is 11.2 Å². The number of hydrogen-bond acceptors (Lipinski definition) is 4. The van der Waals surface area contributed by atoms with Crippen molar-refractivity contribution in [3.8, 4) is 5.75 Å². The van der Waals surface area contributed by atoms with Crippen molar-refractivity contribution in [2.75, 3.05) is 0 Å². The number of halogens is 1. The van der Waals surface area contributed by atoms with E-state index in [-0.39, 0.29) is 35.4 Å². The standard InChI is InChI=1S/C24H24FN3O3/c25-16-7-5-15(6-8-16)14-28-21-18(4-3-11-26-21)20(29)19(23(28)31)22(30)27-17-12-24(13-17)9-1-2-10-24/h3-8,11,17,29H,1-2,9-10,12-14H2,(H,27,30). The van der Waals surface area contributed by atoms with Crippen LogP contribution in [-0.2, 0) is 6.54 Å². The van der Waals surface area contributed by atoms with Gasteiger partial charge in [0.05, 0.1) is 11.9 Å². The van der Waals surface area contributed by atoms with Crippen molar-refractivity contribution >= 4 is 16.9 Å². The third-order valence-corrected chi connectivity index (χ3v) is 6.83. The number of aromatic nitrogens is 2. The van der Waals surface area contributed by atoms with Crippen LogP contribution >= 0.6 is 0 Å². The second-order valence-electron chi connectivity index (χ2n) is 8.90. The Morgan fingerprint density at radius 1 is 1.19 bits per heavy atom. The van der Waals surface area contributed by atoms with Crippen LogP contribution in [0.1, 0.15) is 54.4 Å². The molecule has 0 unspecified atom stereocenters. The summed E-state index contributed by atoms with van der Waals surface area (Å²) in [6, 6.07) is 9.10. The molecular weight excluding hydrogens is 397 g/mol. The van der Waals surface area contributed by atoms with Gasteiger partial charge in [-0.25, -0.2) is 9.37 Å². The zero-order valence-electron chi connectivity index (χ0n) is 17.1. The summed E-state index contributed by atoms with van der Waals surface area (Å²) in [5.41, 5.74) is 0.445. The molecule has 7 heteroatoms. The van der Waals surface area contributed by atoms with E-state index in [1.54, 1.807) is 24.3 Å². The molecule has 160 valence electrons. The number of nitrogens with one attached hydrogen (secondary N) is 1. The minimum atomic E-state index is -0.611. The Kier molecular flexibility index (Phi) is 4.76. The number of pyridine rings is 2. The van der Waals surface area contributed by atoms with Gasteiger partial charge in [-0.3, -0.25) is 14.2 Å². The number of aromatic hydroxyl groups is 1. The number of amides is 1. The predicted molar refractivity (Wildman–Crippen MR) is 115 cm³/mol. The summed E-state index contributed by atoms with van der Waals surface area (Å²) < 4.78 is 14.6. The van der Waals surface area contributed by atoms with E-state index < -0.39 is 11.5 Å². The average Bonchev–Trinajstić information content (AvgIpc) is 3.22. The molecular formula is C24H24FN3O3. The Morgan fingerprint density at radius 2 is 1.90 bits per heavy atom. The topological polar surface area (TPSA) is 84.2 Å². The van der Waals surface area contributed by atoms with E-state index in [4.69, 9.17) is 0 Å². The first-order valence-electron chi connectivity index (χ1n) is 10.7. The zero-order chi connectivity index (χ0) is 21.6. The number of carbonyl (C=O) groups excluding carboxylic acids is 1. The highest BCUT2D eigenvalue weighted by atomic mass is 19.1. The zero-order valence-corrected chi connectivity index (χ0v) is 17.1. The summed E-state index contributed by atoms with van der Waals surface area (Å²) in [6.45, 7) is 0.111. The molecule has 1 aromatic carbocycles. The SMILES string of the molecule is O=C(NC1CC2(CCCC2)C1)c1c(O)c2cccnc2n(Cc2ccc(F)cc2)c1=O. The van der Waals surface area contributed by atoms with Crippen LogP contribution < -0.4 is 10.9 Å². The molecule has 2 saturated carbocycles. The summed E-state index contributed by atoms with van der Waals surface area (Å²) in [5, 5.41) is 14.0. The van der Waals surface area contributed by atoms with Crippen molar-refractivity contribution in [3.05, 3.63) is 69.9 Å². The molecule has 0 aliphatic heterocycles. The van der Waals surface area contributed by atoms with Gasteiger partial charge in [0.2, 0.25) is 0 Å². The minimum Gasteiger partial charge on any atom is -0.506 e. The number of hydrogen-bond donors (Lipinski definition) is 2. The molecule has 2 heterocycles. The Hall–Kier alpha value is -3.22. The van der Waals surface area contributed by atoms with Crippen molar-refractivity contribution in [3.63, 3.8) is 0 Å². The fraction of sp³-hybridized carbons (Fsp3) is 0.375. The molecule has 1 amide bonds. The molecule has 2 aromatic heterocycles. The lowest BCUT2D eigenvalue weighted by Crippen LogP contribution is -2.50. The highest BCUT2D eigenvalue weighted by Gasteiger charge is 2.46. The molecule has 2 N–H and O–H groups in total. The van der Waals surface area contributed by atoms with Crippen LogP contribution in [-0.4, -0.2) is 26.6 Å². The fourth-order valence-electron chi connectivity index (χ4n) is 5.27. The number of carbonyl (C=O) groups is 1. The molecule has 2 aliphatic carbocycles. The van der Waals surface area contributed by atoms with Gasteiger partial charge in [0.15, 0.2) is 0 Å². The van der Waals surface area contributed by atoms with Crippen molar-refractivity contribution in [2.45, 2.75) is 51.1 Å². The molecule has 0 bridgehead atoms. The van der Waals surface area contributed by atoms with Gasteiger partial charge in [0.25, 0.3) is 11.5 Å². The van der Waals surface area contributed by atoms with E-state index in [1.807, 2.05) is 0 Å². The van der Waals surface area contributed by atoms with Crippen molar-refractivity contribution in [1.82, 2.24) is 14.9 Å². The Bertz CT molecular complexity index is 1210. The maximum Gasteiger partial charge on any atom is 0.269 e. The molecule has 31 heavy (non-hydrogen) atoms. The summed E-state index contributed by atoms with van der Waals surface area (Å²) in [5.74, 6) is -1.28. The number of rotatable bonds is 4. The normalized spacial score (nSPS) is 17.7. The van der Waals surface area contributed by atoms with Crippen molar-refractivity contribution in [1.29, 1.82) is 0 Å². The number of fused-ring (bicyclic) bond motifs is 1. The second-order valence-corrected chi connectivity index (χ2v) is 8.90. The van der Waals surface area contributed by atoms with Crippen LogP contribution in [0.5, 0.6) is 5.75 Å². The molecule has 0 radical (unpaired) electrons. The smallest absolute Gasteiger partial charge is 0.269 e. The second kappa shape index (κ2) is 7.48. The maximum atomic E-state index is 13.3.